The van der Waals surface area contributed by atoms with Crippen molar-refractivity contribution < 1.29 is 24.1 Å². The number of amides is 1. The van der Waals surface area contributed by atoms with Gasteiger partial charge in [-0.15, -0.1) is 0 Å². The number of hydrogen-bond acceptors (Lipinski definition) is 3. The molecule has 5 nitrogen and oxygen atoms in total. The summed E-state index contributed by atoms with van der Waals surface area (Å²) in [4.78, 5) is 11.6. The van der Waals surface area contributed by atoms with E-state index >= 15 is 0 Å². The van der Waals surface area contributed by atoms with Crippen molar-refractivity contribution in [3.05, 3.63) is 24.0 Å². The van der Waals surface area contributed by atoms with E-state index in [1.807, 2.05) is 0 Å². The van der Waals surface area contributed by atoms with Crippen LogP contribution in [0.15, 0.2) is 18.2 Å². The zero-order valence-corrected chi connectivity index (χ0v) is 7.55. The molecule has 1 aromatic carbocycles. The second-order valence-electron chi connectivity index (χ2n) is 3.06. The Bertz CT molecular complexity index is 409. The maximum Gasteiger partial charge on any atom is 0.414 e. The van der Waals surface area contributed by atoms with Gasteiger partial charge in [0, 0.05) is 6.07 Å². The third-order valence-electron chi connectivity index (χ3n) is 2.07. The number of hydrogen-bond donors (Lipinski definition) is 2. The molecule has 0 bridgehead atoms. The zero-order valence-electron chi connectivity index (χ0n) is 7.55. The fourth-order valence-corrected chi connectivity index (χ4v) is 1.43. The van der Waals surface area contributed by atoms with E-state index in [4.69, 9.17) is 9.84 Å². The Balaban J connectivity index is 2.48. The summed E-state index contributed by atoms with van der Waals surface area (Å²) >= 11 is 0. The van der Waals surface area contributed by atoms with Crippen molar-refractivity contribution in [2.45, 2.75) is 6.23 Å². The van der Waals surface area contributed by atoms with Crippen molar-refractivity contribution in [3.8, 4) is 5.75 Å². The van der Waals surface area contributed by atoms with Crippen LogP contribution >= 0.6 is 0 Å². The highest BCUT2D eigenvalue weighted by Gasteiger charge is 2.30. The van der Waals surface area contributed by atoms with Gasteiger partial charge in [-0.1, -0.05) is 0 Å². The Morgan fingerprint density at radius 3 is 3.00 bits per heavy atom. The number of carboxylic acid groups (broad SMARTS) is 1. The van der Waals surface area contributed by atoms with E-state index in [0.29, 0.717) is 0 Å². The van der Waals surface area contributed by atoms with E-state index in [0.717, 1.165) is 17.0 Å². The Kier molecular flexibility index (Phi) is 2.20. The Morgan fingerprint density at radius 1 is 1.60 bits per heavy atom. The van der Waals surface area contributed by atoms with E-state index in [1.165, 1.54) is 6.07 Å². The molecule has 0 aromatic heterocycles. The minimum atomic E-state index is -1.31. The Hall–Kier alpha value is -1.82. The molecule has 1 aromatic rings. The van der Waals surface area contributed by atoms with E-state index in [9.17, 15) is 14.3 Å². The minimum Gasteiger partial charge on any atom is -0.487 e. The van der Waals surface area contributed by atoms with Gasteiger partial charge in [-0.2, -0.15) is 0 Å². The van der Waals surface area contributed by atoms with Crippen molar-refractivity contribution in [3.63, 3.8) is 0 Å². The molecule has 0 fully saturated rings. The number of ether oxygens (including phenoxy) is 1. The molecule has 2 rings (SSSR count). The molecule has 0 radical (unpaired) electrons. The van der Waals surface area contributed by atoms with Crippen LogP contribution in [0.2, 0.25) is 0 Å². The molecule has 80 valence electrons. The van der Waals surface area contributed by atoms with Crippen LogP contribution in [-0.2, 0) is 0 Å². The molecule has 1 amide bonds. The van der Waals surface area contributed by atoms with E-state index < -0.39 is 18.1 Å². The molecule has 2 N–H and O–H groups in total. The summed E-state index contributed by atoms with van der Waals surface area (Å²) in [6, 6.07) is 3.44. The van der Waals surface area contributed by atoms with Crippen molar-refractivity contribution in [1.29, 1.82) is 0 Å². The first-order valence-electron chi connectivity index (χ1n) is 4.22. The lowest BCUT2D eigenvalue weighted by Gasteiger charge is -2.31. The van der Waals surface area contributed by atoms with Crippen LogP contribution < -0.4 is 9.64 Å². The summed E-state index contributed by atoms with van der Waals surface area (Å²) < 4.78 is 17.8. The fraction of sp³-hybridized carbons (Fsp3) is 0.222. The summed E-state index contributed by atoms with van der Waals surface area (Å²) in [5, 5.41) is 18.2. The molecule has 1 heterocycles. The minimum absolute atomic E-state index is 0.114. The van der Waals surface area contributed by atoms with E-state index in [1.54, 1.807) is 0 Å². The summed E-state index contributed by atoms with van der Waals surface area (Å²) in [6.45, 7) is -0.206. The number of fused-ring (bicyclic) bond motifs is 1. The van der Waals surface area contributed by atoms with Crippen molar-refractivity contribution >= 4 is 11.8 Å². The molecule has 1 aliphatic heterocycles. The summed E-state index contributed by atoms with van der Waals surface area (Å²) in [7, 11) is 0. The van der Waals surface area contributed by atoms with Gasteiger partial charge < -0.3 is 14.9 Å². The lowest BCUT2D eigenvalue weighted by atomic mass is 10.2. The molecule has 6 heteroatoms. The monoisotopic (exact) mass is 213 g/mol. The third kappa shape index (κ3) is 1.59. The van der Waals surface area contributed by atoms with Crippen LogP contribution in [-0.4, -0.2) is 29.1 Å². The predicted octanol–water partition coefficient (Wildman–Crippen LogP) is 1.02. The van der Waals surface area contributed by atoms with Crippen molar-refractivity contribution in [1.82, 2.24) is 0 Å². The number of rotatable bonds is 0. The average Bonchev–Trinajstić information content (AvgIpc) is 2.17. The second-order valence-corrected chi connectivity index (χ2v) is 3.06. The topological polar surface area (TPSA) is 70.0 Å². The summed E-state index contributed by atoms with van der Waals surface area (Å²) in [5.74, 6) is -0.404. The Labute approximate surface area is 84.3 Å². The molecule has 1 atom stereocenters. The normalized spacial score (nSPS) is 19.3. The number of anilines is 1. The summed E-state index contributed by atoms with van der Waals surface area (Å²) in [5.41, 5.74) is 0.141. The van der Waals surface area contributed by atoms with E-state index in [2.05, 4.69) is 0 Å². The molecule has 0 saturated heterocycles. The maximum atomic E-state index is 12.8. The number of benzene rings is 1. The number of halogens is 1. The highest BCUT2D eigenvalue weighted by atomic mass is 19.1. The van der Waals surface area contributed by atoms with Crippen LogP contribution in [0.5, 0.6) is 5.75 Å². The van der Waals surface area contributed by atoms with Crippen LogP contribution in [0.4, 0.5) is 14.9 Å². The lowest BCUT2D eigenvalue weighted by molar-refractivity contribution is 0.0870. The highest BCUT2D eigenvalue weighted by Crippen LogP contribution is 2.33. The second kappa shape index (κ2) is 3.39. The first kappa shape index (κ1) is 9.72. The lowest BCUT2D eigenvalue weighted by Crippen LogP contribution is -2.46. The molecule has 1 aliphatic rings. The standard InChI is InChI=1S/C9H8FNO4/c10-5-1-2-6-7(3-5)15-4-8(12)11(6)9(13)14/h1-3,8,12H,4H2,(H,13,14). The molecule has 0 spiro atoms. The van der Waals surface area contributed by atoms with Gasteiger partial charge in [0.15, 0.2) is 6.23 Å². The number of nitrogens with zero attached hydrogens (tertiary/aromatic N) is 1. The highest BCUT2D eigenvalue weighted by molar-refractivity contribution is 5.89. The number of aliphatic hydroxyl groups excluding tert-OH is 1. The largest absolute Gasteiger partial charge is 0.487 e. The van der Waals surface area contributed by atoms with E-state index in [-0.39, 0.29) is 18.0 Å². The third-order valence-corrected chi connectivity index (χ3v) is 2.07. The SMILES string of the molecule is O=C(O)N1c2ccc(F)cc2OCC1O. The van der Waals surface area contributed by atoms with Crippen LogP contribution in [0.25, 0.3) is 0 Å². The molecule has 1 unspecified atom stereocenters. The quantitative estimate of drug-likeness (QED) is 0.675. The van der Waals surface area contributed by atoms with Gasteiger partial charge >= 0.3 is 6.09 Å². The molecular weight excluding hydrogens is 205 g/mol. The average molecular weight is 213 g/mol. The van der Waals surface area contributed by atoms with Crippen molar-refractivity contribution in [2.75, 3.05) is 11.5 Å². The van der Waals surface area contributed by atoms with Gasteiger partial charge in [0.1, 0.15) is 18.2 Å². The molecular formula is C9H8FNO4. The zero-order chi connectivity index (χ0) is 11.0. The van der Waals surface area contributed by atoms with Gasteiger partial charge in [-0.25, -0.2) is 14.1 Å². The van der Waals surface area contributed by atoms with Crippen LogP contribution in [0.1, 0.15) is 0 Å². The van der Waals surface area contributed by atoms with Gasteiger partial charge in [0.25, 0.3) is 0 Å². The Morgan fingerprint density at radius 2 is 2.33 bits per heavy atom. The van der Waals surface area contributed by atoms with Gasteiger partial charge in [0.2, 0.25) is 0 Å². The van der Waals surface area contributed by atoms with Gasteiger partial charge in [-0.3, -0.25) is 0 Å². The van der Waals surface area contributed by atoms with Gasteiger partial charge in [0.05, 0.1) is 5.69 Å². The number of aliphatic hydroxyl groups is 1. The van der Waals surface area contributed by atoms with Crippen LogP contribution in [0, 0.1) is 5.82 Å². The number of carbonyl (C=O) groups is 1. The smallest absolute Gasteiger partial charge is 0.414 e. The van der Waals surface area contributed by atoms with Crippen LogP contribution in [0.3, 0.4) is 0 Å². The first-order chi connectivity index (χ1) is 7.09. The summed E-state index contributed by atoms with van der Waals surface area (Å²) in [6.07, 6.45) is -2.57. The van der Waals surface area contributed by atoms with Gasteiger partial charge in [-0.05, 0) is 12.1 Å². The molecule has 0 aliphatic carbocycles. The first-order valence-corrected chi connectivity index (χ1v) is 4.22. The molecule has 0 saturated carbocycles. The predicted molar refractivity (Wildman–Crippen MR) is 48.4 cm³/mol. The fourth-order valence-electron chi connectivity index (χ4n) is 1.43. The van der Waals surface area contributed by atoms with Crippen molar-refractivity contribution in [2.24, 2.45) is 0 Å². The maximum absolute atomic E-state index is 12.8. The molecule has 15 heavy (non-hydrogen) atoms.